The molecule has 0 aliphatic heterocycles. The largest absolute Gasteiger partial charge is 0.503 e. The van der Waals surface area contributed by atoms with Crippen molar-refractivity contribution in [3.8, 4) is 17.0 Å². The third kappa shape index (κ3) is 3.54. The number of aromatic nitrogens is 2. The lowest BCUT2D eigenvalue weighted by molar-refractivity contribution is -0.114. The highest BCUT2D eigenvalue weighted by Crippen LogP contribution is 2.35. The third-order valence-corrected chi connectivity index (χ3v) is 4.02. The summed E-state index contributed by atoms with van der Waals surface area (Å²) in [5.41, 5.74) is 9.10. The molecular formula is C18H17ClN5O+. The Morgan fingerprint density at radius 2 is 1.88 bits per heavy atom. The van der Waals surface area contributed by atoms with E-state index in [0.717, 1.165) is 11.1 Å². The van der Waals surface area contributed by atoms with E-state index in [1.165, 1.54) is 6.33 Å². The molecule has 25 heavy (non-hydrogen) atoms. The highest BCUT2D eigenvalue weighted by Gasteiger charge is 2.14. The van der Waals surface area contributed by atoms with Gasteiger partial charge < -0.3 is 10.4 Å². The van der Waals surface area contributed by atoms with Crippen molar-refractivity contribution >= 4 is 28.9 Å². The normalized spacial score (nSPS) is 10.5. The highest BCUT2D eigenvalue weighted by atomic mass is 35.5. The SMILES string of the molecule is Cc1ccc(-c2ncnc(Nc3ccc(C(N)=[NH2+])cc3Cl)c2O)cc1. The van der Waals surface area contributed by atoms with Crippen molar-refractivity contribution in [2.45, 2.75) is 6.92 Å². The topological polar surface area (TPSA) is 110 Å². The van der Waals surface area contributed by atoms with Gasteiger partial charge in [0.05, 0.1) is 16.3 Å². The van der Waals surface area contributed by atoms with Crippen molar-refractivity contribution in [1.29, 1.82) is 0 Å². The van der Waals surface area contributed by atoms with Gasteiger partial charge >= 0.3 is 0 Å². The summed E-state index contributed by atoms with van der Waals surface area (Å²) in [5.74, 6) is 0.376. The van der Waals surface area contributed by atoms with E-state index in [0.29, 0.717) is 22.0 Å². The van der Waals surface area contributed by atoms with Crippen molar-refractivity contribution in [1.82, 2.24) is 9.97 Å². The Hall–Kier alpha value is -3.12. The van der Waals surface area contributed by atoms with Gasteiger partial charge in [0.2, 0.25) is 0 Å². The second-order valence-corrected chi connectivity index (χ2v) is 5.97. The molecule has 0 bridgehead atoms. The van der Waals surface area contributed by atoms with Gasteiger partial charge in [-0.15, -0.1) is 0 Å². The number of nitrogens with two attached hydrogens (primary N) is 2. The molecule has 6 nitrogen and oxygen atoms in total. The van der Waals surface area contributed by atoms with Gasteiger partial charge in [-0.05, 0) is 25.1 Å². The lowest BCUT2D eigenvalue weighted by Gasteiger charge is -2.12. The van der Waals surface area contributed by atoms with Crippen LogP contribution in [0.15, 0.2) is 48.8 Å². The number of aromatic hydroxyl groups is 1. The molecule has 0 atom stereocenters. The molecule has 6 N–H and O–H groups in total. The maximum atomic E-state index is 10.5. The van der Waals surface area contributed by atoms with Gasteiger partial charge in [-0.2, -0.15) is 0 Å². The first-order chi connectivity index (χ1) is 12.0. The van der Waals surface area contributed by atoms with E-state index in [-0.39, 0.29) is 17.4 Å². The maximum Gasteiger partial charge on any atom is 0.270 e. The average molecular weight is 355 g/mol. The Balaban J connectivity index is 1.95. The third-order valence-electron chi connectivity index (χ3n) is 3.70. The van der Waals surface area contributed by atoms with Crippen LogP contribution in [0.5, 0.6) is 5.75 Å². The monoisotopic (exact) mass is 354 g/mol. The Labute approximate surface area is 149 Å². The lowest BCUT2D eigenvalue weighted by Crippen LogP contribution is -2.46. The van der Waals surface area contributed by atoms with Crippen LogP contribution >= 0.6 is 11.6 Å². The van der Waals surface area contributed by atoms with Crippen molar-refractivity contribution in [2.24, 2.45) is 5.73 Å². The van der Waals surface area contributed by atoms with Crippen LogP contribution < -0.4 is 16.5 Å². The number of hydrogen-bond acceptors (Lipinski definition) is 4. The number of rotatable bonds is 4. The molecule has 0 amide bonds. The number of anilines is 2. The molecule has 0 aliphatic rings. The van der Waals surface area contributed by atoms with E-state index in [1.54, 1.807) is 18.2 Å². The molecule has 3 rings (SSSR count). The van der Waals surface area contributed by atoms with Crippen molar-refractivity contribution in [2.75, 3.05) is 5.32 Å². The van der Waals surface area contributed by atoms with Gasteiger partial charge in [0.25, 0.3) is 5.84 Å². The van der Waals surface area contributed by atoms with Crippen LogP contribution in [-0.4, -0.2) is 20.9 Å². The number of aryl methyl sites for hydroxylation is 1. The quantitative estimate of drug-likeness (QED) is 0.423. The van der Waals surface area contributed by atoms with Gasteiger partial charge in [-0.25, -0.2) is 9.97 Å². The van der Waals surface area contributed by atoms with Gasteiger partial charge in [0, 0.05) is 5.56 Å². The van der Waals surface area contributed by atoms with Crippen LogP contribution in [0.2, 0.25) is 5.02 Å². The molecule has 2 aromatic carbocycles. The average Bonchev–Trinajstić information content (AvgIpc) is 2.59. The molecule has 3 aromatic rings. The first kappa shape index (κ1) is 16.7. The minimum absolute atomic E-state index is 0.0589. The summed E-state index contributed by atoms with van der Waals surface area (Å²) >= 11 is 6.24. The fraction of sp³-hybridized carbons (Fsp3) is 0.0556. The predicted octanol–water partition coefficient (Wildman–Crippen LogP) is 2.02. The number of nitrogens with one attached hydrogen (secondary N) is 1. The summed E-state index contributed by atoms with van der Waals surface area (Å²) in [6.45, 7) is 1.99. The molecule has 1 aromatic heterocycles. The Kier molecular flexibility index (Phi) is 4.54. The summed E-state index contributed by atoms with van der Waals surface area (Å²) in [7, 11) is 0. The van der Waals surface area contributed by atoms with Crippen LogP contribution in [-0.2, 0) is 0 Å². The number of amidine groups is 1. The molecule has 126 valence electrons. The van der Waals surface area contributed by atoms with Gasteiger partial charge in [-0.3, -0.25) is 11.1 Å². The zero-order valence-corrected chi connectivity index (χ0v) is 14.2. The second kappa shape index (κ2) is 6.78. The predicted molar refractivity (Wildman–Crippen MR) is 98.8 cm³/mol. The molecule has 0 unspecified atom stereocenters. The molecule has 7 heteroatoms. The standard InChI is InChI=1S/C18H16ClN5O/c1-10-2-4-11(5-3-10)15-16(25)18(23-9-22-15)24-14-7-6-12(17(20)21)8-13(14)19/h2-9,25H,1H3,(H3,20,21)(H,22,23,24)/p+1. The van der Waals surface area contributed by atoms with Crippen LogP contribution in [0.1, 0.15) is 11.1 Å². The summed E-state index contributed by atoms with van der Waals surface area (Å²) in [4.78, 5) is 8.26. The number of hydrogen-bond donors (Lipinski definition) is 4. The molecule has 0 saturated heterocycles. The van der Waals surface area contributed by atoms with Crippen molar-refractivity contribution < 1.29 is 10.5 Å². The van der Waals surface area contributed by atoms with Crippen LogP contribution in [0, 0.1) is 6.92 Å². The van der Waals surface area contributed by atoms with Crippen LogP contribution in [0.3, 0.4) is 0 Å². The highest BCUT2D eigenvalue weighted by molar-refractivity contribution is 6.33. The smallest absolute Gasteiger partial charge is 0.270 e. The second-order valence-electron chi connectivity index (χ2n) is 5.56. The zero-order chi connectivity index (χ0) is 18.0. The molecule has 0 radical (unpaired) electrons. The Morgan fingerprint density at radius 1 is 1.16 bits per heavy atom. The van der Waals surface area contributed by atoms with Crippen molar-refractivity contribution in [3.05, 3.63) is 64.9 Å². The first-order valence-electron chi connectivity index (χ1n) is 7.51. The van der Waals surface area contributed by atoms with Crippen molar-refractivity contribution in [3.63, 3.8) is 0 Å². The number of halogens is 1. The molecule has 1 heterocycles. The van der Waals surface area contributed by atoms with Gasteiger partial charge in [0.1, 0.15) is 12.0 Å². The summed E-state index contributed by atoms with van der Waals surface area (Å²) in [6, 6.07) is 12.8. The van der Waals surface area contributed by atoms with E-state index >= 15 is 0 Å². The van der Waals surface area contributed by atoms with E-state index in [4.69, 9.17) is 22.7 Å². The molecule has 0 aliphatic carbocycles. The van der Waals surface area contributed by atoms with E-state index in [9.17, 15) is 5.11 Å². The zero-order valence-electron chi connectivity index (χ0n) is 13.5. The minimum Gasteiger partial charge on any atom is -0.503 e. The molecule has 0 fully saturated rings. The number of nitrogens with zero attached hydrogens (tertiary/aromatic N) is 2. The molecule has 0 saturated carbocycles. The van der Waals surface area contributed by atoms with Gasteiger partial charge in [-0.1, -0.05) is 41.4 Å². The summed E-state index contributed by atoms with van der Waals surface area (Å²) in [6.07, 6.45) is 1.38. The summed E-state index contributed by atoms with van der Waals surface area (Å²) in [5, 5.41) is 19.5. The van der Waals surface area contributed by atoms with Crippen LogP contribution in [0.25, 0.3) is 11.3 Å². The molecule has 0 spiro atoms. The van der Waals surface area contributed by atoms with E-state index < -0.39 is 0 Å². The number of benzene rings is 2. The fourth-order valence-corrected chi connectivity index (χ4v) is 2.54. The Bertz CT molecular complexity index is 941. The summed E-state index contributed by atoms with van der Waals surface area (Å²) < 4.78 is 0. The first-order valence-corrected chi connectivity index (χ1v) is 7.89. The maximum absolute atomic E-state index is 10.5. The van der Waals surface area contributed by atoms with E-state index in [1.807, 2.05) is 31.2 Å². The Morgan fingerprint density at radius 3 is 2.52 bits per heavy atom. The van der Waals surface area contributed by atoms with Crippen LogP contribution in [0.4, 0.5) is 11.5 Å². The fourth-order valence-electron chi connectivity index (χ4n) is 2.32. The van der Waals surface area contributed by atoms with E-state index in [2.05, 4.69) is 15.3 Å². The minimum atomic E-state index is -0.0589. The van der Waals surface area contributed by atoms with Gasteiger partial charge in [0.15, 0.2) is 11.6 Å². The lowest BCUT2D eigenvalue weighted by atomic mass is 10.1. The molecular weight excluding hydrogens is 338 g/mol.